The molecule has 164 valence electrons. The Balaban J connectivity index is 1.56. The number of aromatic nitrogens is 2. The lowest BCUT2D eigenvalue weighted by atomic mass is 9.46. The van der Waals surface area contributed by atoms with Gasteiger partial charge in [-0.3, -0.25) is 4.79 Å². The highest BCUT2D eigenvalue weighted by molar-refractivity contribution is 14.1. The zero-order chi connectivity index (χ0) is 21.6. The molecule has 3 aliphatic rings. The molecule has 30 heavy (non-hydrogen) atoms. The molecule has 2 unspecified atom stereocenters. The third-order valence-corrected chi connectivity index (χ3v) is 9.13. The minimum Gasteiger partial charge on any atom is -0.348 e. The molecule has 0 aromatic carbocycles. The van der Waals surface area contributed by atoms with Crippen molar-refractivity contribution in [1.29, 1.82) is 0 Å². The van der Waals surface area contributed by atoms with E-state index in [-0.39, 0.29) is 11.3 Å². The maximum atomic E-state index is 13.6. The molecule has 0 bridgehead atoms. The van der Waals surface area contributed by atoms with Crippen molar-refractivity contribution in [2.75, 3.05) is 0 Å². The topological polar surface area (TPSA) is 74.8 Å². The number of H-pyrrole nitrogens is 1. The molecular weight excluding hydrogens is 489 g/mol. The molecule has 1 aromatic rings. The SMILES string of the molecule is C[C@]1(I)CC=C2C(CCC3[C@](C)(C(=O)N[C@H](C=O)Cc4cnc[nH]4)CCC[C@@]23C)C1. The van der Waals surface area contributed by atoms with Crippen LogP contribution in [-0.2, 0) is 16.0 Å². The van der Waals surface area contributed by atoms with Crippen molar-refractivity contribution in [2.45, 2.75) is 81.6 Å². The predicted molar refractivity (Wildman–Crippen MR) is 126 cm³/mol. The molecule has 0 saturated heterocycles. The molecule has 0 aliphatic heterocycles. The molecule has 3 aliphatic carbocycles. The normalized spacial score (nSPS) is 39.3. The van der Waals surface area contributed by atoms with Crippen molar-refractivity contribution in [1.82, 2.24) is 15.3 Å². The highest BCUT2D eigenvalue weighted by atomic mass is 127. The molecular formula is C24H34IN3O2. The molecule has 0 spiro atoms. The number of hydrogen-bond donors (Lipinski definition) is 2. The number of halogens is 1. The first-order valence-electron chi connectivity index (χ1n) is 11.3. The summed E-state index contributed by atoms with van der Waals surface area (Å²) in [5.41, 5.74) is 2.15. The zero-order valence-electron chi connectivity index (χ0n) is 18.3. The fourth-order valence-electron chi connectivity index (χ4n) is 6.75. The first-order chi connectivity index (χ1) is 14.2. The van der Waals surface area contributed by atoms with Gasteiger partial charge in [0, 0.05) is 21.7 Å². The summed E-state index contributed by atoms with van der Waals surface area (Å²) >= 11 is 2.63. The second-order valence-corrected chi connectivity index (χ2v) is 13.1. The van der Waals surface area contributed by atoms with Gasteiger partial charge in [-0.15, -0.1) is 0 Å². The van der Waals surface area contributed by atoms with Gasteiger partial charge in [0.05, 0.1) is 17.8 Å². The monoisotopic (exact) mass is 523 g/mol. The first-order valence-corrected chi connectivity index (χ1v) is 12.4. The van der Waals surface area contributed by atoms with Crippen LogP contribution in [0.1, 0.15) is 71.4 Å². The van der Waals surface area contributed by atoms with Gasteiger partial charge in [0.2, 0.25) is 5.91 Å². The molecule has 2 N–H and O–H groups in total. The summed E-state index contributed by atoms with van der Waals surface area (Å²) in [6.45, 7) is 6.93. The first kappa shape index (κ1) is 22.0. The molecule has 1 amide bonds. The van der Waals surface area contributed by atoms with Gasteiger partial charge in [0.25, 0.3) is 0 Å². The van der Waals surface area contributed by atoms with Crippen molar-refractivity contribution in [3.8, 4) is 0 Å². The van der Waals surface area contributed by atoms with Crippen molar-refractivity contribution in [2.24, 2.45) is 22.7 Å². The van der Waals surface area contributed by atoms with Crippen LogP contribution in [0, 0.1) is 22.7 Å². The van der Waals surface area contributed by atoms with Crippen molar-refractivity contribution in [3.63, 3.8) is 0 Å². The number of fused-ring (bicyclic) bond motifs is 3. The fraction of sp³-hybridized carbons (Fsp3) is 0.708. The Labute approximate surface area is 193 Å². The number of aromatic amines is 1. The Morgan fingerprint density at radius 1 is 1.37 bits per heavy atom. The largest absolute Gasteiger partial charge is 0.348 e. The number of hydrogen-bond acceptors (Lipinski definition) is 3. The summed E-state index contributed by atoms with van der Waals surface area (Å²) in [6.07, 6.45) is 14.9. The van der Waals surface area contributed by atoms with Crippen LogP contribution in [0.3, 0.4) is 0 Å². The highest BCUT2D eigenvalue weighted by Crippen LogP contribution is 2.63. The maximum absolute atomic E-state index is 13.6. The van der Waals surface area contributed by atoms with Gasteiger partial charge >= 0.3 is 0 Å². The average Bonchev–Trinajstić information content (AvgIpc) is 3.19. The second-order valence-electron chi connectivity index (χ2n) is 10.5. The lowest BCUT2D eigenvalue weighted by Crippen LogP contribution is -2.57. The highest BCUT2D eigenvalue weighted by Gasteiger charge is 2.57. The molecule has 4 rings (SSSR count). The van der Waals surface area contributed by atoms with Crippen LogP contribution in [0.4, 0.5) is 0 Å². The number of allylic oxidation sites excluding steroid dienone is 2. The number of nitrogens with one attached hydrogen (secondary N) is 2. The smallest absolute Gasteiger partial charge is 0.226 e. The molecule has 1 aromatic heterocycles. The fourth-order valence-corrected chi connectivity index (χ4v) is 7.50. The van der Waals surface area contributed by atoms with Crippen LogP contribution in [0.25, 0.3) is 0 Å². The van der Waals surface area contributed by atoms with E-state index < -0.39 is 11.5 Å². The molecule has 2 saturated carbocycles. The molecule has 2 fully saturated rings. The second kappa shape index (κ2) is 8.06. The van der Waals surface area contributed by atoms with Crippen LogP contribution >= 0.6 is 22.6 Å². The van der Waals surface area contributed by atoms with E-state index in [4.69, 9.17) is 0 Å². The summed E-state index contributed by atoms with van der Waals surface area (Å²) in [7, 11) is 0. The Hall–Kier alpha value is -1.18. The van der Waals surface area contributed by atoms with Gasteiger partial charge in [-0.2, -0.15) is 0 Å². The lowest BCUT2D eigenvalue weighted by molar-refractivity contribution is -0.143. The average molecular weight is 523 g/mol. The van der Waals surface area contributed by atoms with Crippen LogP contribution in [0.2, 0.25) is 0 Å². The van der Waals surface area contributed by atoms with Gasteiger partial charge < -0.3 is 15.1 Å². The summed E-state index contributed by atoms with van der Waals surface area (Å²) in [5.74, 6) is 1.04. The number of imidazole rings is 1. The van der Waals surface area contributed by atoms with Crippen molar-refractivity contribution < 1.29 is 9.59 Å². The van der Waals surface area contributed by atoms with E-state index >= 15 is 0 Å². The maximum Gasteiger partial charge on any atom is 0.226 e. The Morgan fingerprint density at radius 3 is 2.87 bits per heavy atom. The zero-order valence-corrected chi connectivity index (χ0v) is 20.5. The van der Waals surface area contributed by atoms with Crippen molar-refractivity contribution >= 4 is 34.8 Å². The number of carbonyl (C=O) groups is 2. The number of alkyl halides is 1. The van der Waals surface area contributed by atoms with Crippen LogP contribution in [-0.4, -0.2) is 31.6 Å². The van der Waals surface area contributed by atoms with E-state index in [1.54, 1.807) is 18.1 Å². The van der Waals surface area contributed by atoms with Gasteiger partial charge in [-0.25, -0.2) is 4.98 Å². The Kier molecular flexibility index (Phi) is 5.92. The van der Waals surface area contributed by atoms with Crippen LogP contribution in [0.5, 0.6) is 0 Å². The number of nitrogens with zero attached hydrogens (tertiary/aromatic N) is 1. The van der Waals surface area contributed by atoms with Crippen LogP contribution < -0.4 is 5.32 Å². The quantitative estimate of drug-likeness (QED) is 0.253. The van der Waals surface area contributed by atoms with Gasteiger partial charge in [-0.1, -0.05) is 61.4 Å². The van der Waals surface area contributed by atoms with E-state index in [9.17, 15) is 9.59 Å². The van der Waals surface area contributed by atoms with Gasteiger partial charge in [-0.05, 0) is 55.8 Å². The summed E-state index contributed by atoms with van der Waals surface area (Å²) < 4.78 is 0.355. The van der Waals surface area contributed by atoms with E-state index in [1.165, 1.54) is 19.3 Å². The summed E-state index contributed by atoms with van der Waals surface area (Å²) in [5, 5.41) is 3.08. The number of carbonyl (C=O) groups excluding carboxylic acids is 2. The van der Waals surface area contributed by atoms with Gasteiger partial charge in [0.15, 0.2) is 0 Å². The number of rotatable bonds is 5. The molecule has 6 heteroatoms. The third-order valence-electron chi connectivity index (χ3n) is 8.25. The number of aldehydes is 1. The van der Waals surface area contributed by atoms with E-state index in [2.05, 4.69) is 64.7 Å². The minimum absolute atomic E-state index is 0.0450. The van der Waals surface area contributed by atoms with E-state index in [1.807, 2.05) is 0 Å². The Bertz CT molecular complexity index is 834. The third kappa shape index (κ3) is 3.89. The molecule has 0 radical (unpaired) electrons. The lowest BCUT2D eigenvalue weighted by Gasteiger charge is -2.58. The molecule has 1 heterocycles. The van der Waals surface area contributed by atoms with Gasteiger partial charge in [0.1, 0.15) is 6.29 Å². The van der Waals surface area contributed by atoms with E-state index in [0.29, 0.717) is 21.7 Å². The van der Waals surface area contributed by atoms with E-state index in [0.717, 1.165) is 37.7 Å². The number of amides is 1. The van der Waals surface area contributed by atoms with Crippen molar-refractivity contribution in [3.05, 3.63) is 29.9 Å². The molecule has 6 atom stereocenters. The van der Waals surface area contributed by atoms with Crippen LogP contribution in [0.15, 0.2) is 24.2 Å². The Morgan fingerprint density at radius 2 is 2.17 bits per heavy atom. The molecule has 5 nitrogen and oxygen atoms in total. The minimum atomic E-state index is -0.520. The summed E-state index contributed by atoms with van der Waals surface area (Å²) in [6, 6.07) is -0.520. The summed E-state index contributed by atoms with van der Waals surface area (Å²) in [4.78, 5) is 32.3. The standard InChI is InChI=1S/C24H34IN3O2/c1-22(25)10-7-19-16(12-22)5-6-20-23(19,2)8-4-9-24(20,3)21(30)28-18(14-29)11-17-13-26-15-27-17/h7,13-16,18,20H,4-6,8-12H2,1-3H3,(H,26,27)(H,28,30)/t16?,18-,20?,22-,23-,24+/m0/s1. The predicted octanol–water partition coefficient (Wildman–Crippen LogP) is 4.77.